The molecule has 1 aromatic rings. The zero-order valence-electron chi connectivity index (χ0n) is 21.3. The van der Waals surface area contributed by atoms with Gasteiger partial charge < -0.3 is 10.2 Å². The Hall–Kier alpha value is -1.52. The molecule has 1 amide bonds. The van der Waals surface area contributed by atoms with Crippen LogP contribution in [0.25, 0.3) is 0 Å². The summed E-state index contributed by atoms with van der Waals surface area (Å²) < 4.78 is 29.3. The van der Waals surface area contributed by atoms with E-state index in [1.807, 2.05) is 0 Å². The van der Waals surface area contributed by atoms with E-state index in [4.69, 9.17) is 0 Å². The van der Waals surface area contributed by atoms with Gasteiger partial charge in [0, 0.05) is 65.4 Å². The molecular formula is C26H43N5O3S. The standard InChI is InChI=1S/C26H43N5O3S/c1-23-10-15-30(16-11-23)35(33,34)31-14-5-9-25(22-31)26(32)27-12-6-13-28-17-19-29(20-18-28)21-24-7-3-2-4-8-24/h2-4,7-8,23,25H,5-6,9-22H2,1H3,(H,27,32). The molecule has 4 rings (SSSR count). The lowest BCUT2D eigenvalue weighted by atomic mass is 9.99. The van der Waals surface area contributed by atoms with Gasteiger partial charge in [-0.3, -0.25) is 9.69 Å². The lowest BCUT2D eigenvalue weighted by molar-refractivity contribution is -0.126. The van der Waals surface area contributed by atoms with Gasteiger partial charge in [-0.2, -0.15) is 17.0 Å². The molecule has 0 aliphatic carbocycles. The topological polar surface area (TPSA) is 76.2 Å². The van der Waals surface area contributed by atoms with Crippen LogP contribution in [-0.4, -0.2) is 98.2 Å². The predicted molar refractivity (Wildman–Crippen MR) is 139 cm³/mol. The van der Waals surface area contributed by atoms with E-state index in [0.717, 1.165) is 71.4 Å². The van der Waals surface area contributed by atoms with Gasteiger partial charge in [-0.25, -0.2) is 0 Å². The Bertz CT molecular complexity index is 897. The molecule has 3 fully saturated rings. The molecule has 0 bridgehead atoms. The first-order valence-electron chi connectivity index (χ1n) is 13.4. The Morgan fingerprint density at radius 1 is 0.914 bits per heavy atom. The minimum absolute atomic E-state index is 0.00449. The van der Waals surface area contributed by atoms with Gasteiger partial charge in [-0.1, -0.05) is 37.3 Å². The lowest BCUT2D eigenvalue weighted by Gasteiger charge is -2.37. The molecule has 8 nitrogen and oxygen atoms in total. The Labute approximate surface area is 211 Å². The molecule has 9 heteroatoms. The van der Waals surface area contributed by atoms with Crippen LogP contribution in [-0.2, 0) is 21.5 Å². The Morgan fingerprint density at radius 2 is 1.60 bits per heavy atom. The first kappa shape index (κ1) is 26.5. The summed E-state index contributed by atoms with van der Waals surface area (Å²) in [5.41, 5.74) is 1.36. The fourth-order valence-electron chi connectivity index (χ4n) is 5.42. The highest BCUT2D eigenvalue weighted by Gasteiger charge is 2.36. The summed E-state index contributed by atoms with van der Waals surface area (Å²) >= 11 is 0. The molecule has 3 aliphatic heterocycles. The summed E-state index contributed by atoms with van der Waals surface area (Å²) in [6, 6.07) is 10.6. The van der Waals surface area contributed by atoms with Crippen molar-refractivity contribution in [3.63, 3.8) is 0 Å². The van der Waals surface area contributed by atoms with Crippen molar-refractivity contribution in [3.05, 3.63) is 35.9 Å². The van der Waals surface area contributed by atoms with Gasteiger partial charge in [0.1, 0.15) is 0 Å². The molecule has 3 heterocycles. The van der Waals surface area contributed by atoms with Crippen LogP contribution in [0.1, 0.15) is 44.6 Å². The van der Waals surface area contributed by atoms with E-state index in [1.165, 1.54) is 5.56 Å². The van der Waals surface area contributed by atoms with Crippen molar-refractivity contribution in [2.24, 2.45) is 11.8 Å². The highest BCUT2D eigenvalue weighted by molar-refractivity contribution is 7.86. The van der Waals surface area contributed by atoms with Crippen molar-refractivity contribution in [1.82, 2.24) is 23.7 Å². The second kappa shape index (κ2) is 12.6. The summed E-state index contributed by atoms with van der Waals surface area (Å²) in [5.74, 6) is 0.341. The van der Waals surface area contributed by atoms with Crippen molar-refractivity contribution in [2.45, 2.75) is 45.6 Å². The van der Waals surface area contributed by atoms with E-state index in [9.17, 15) is 13.2 Å². The molecule has 196 valence electrons. The summed E-state index contributed by atoms with van der Waals surface area (Å²) in [4.78, 5) is 17.8. The minimum atomic E-state index is -3.46. The molecule has 35 heavy (non-hydrogen) atoms. The van der Waals surface area contributed by atoms with Crippen LogP contribution in [0.5, 0.6) is 0 Å². The maximum absolute atomic E-state index is 13.1. The Kier molecular flexibility index (Phi) is 9.58. The van der Waals surface area contributed by atoms with Crippen molar-refractivity contribution in [3.8, 4) is 0 Å². The van der Waals surface area contributed by atoms with Gasteiger partial charge in [0.25, 0.3) is 10.2 Å². The molecule has 0 aromatic heterocycles. The SMILES string of the molecule is CC1CCN(S(=O)(=O)N2CCCC(C(=O)NCCCN3CCN(Cc4ccccc4)CC3)C2)CC1. The number of rotatable bonds is 9. The zero-order valence-corrected chi connectivity index (χ0v) is 22.1. The average Bonchev–Trinajstić information content (AvgIpc) is 2.88. The van der Waals surface area contributed by atoms with Crippen LogP contribution in [0.15, 0.2) is 30.3 Å². The molecule has 0 radical (unpaired) electrons. The third-order valence-electron chi connectivity index (χ3n) is 7.81. The van der Waals surface area contributed by atoms with Gasteiger partial charge in [0.15, 0.2) is 0 Å². The smallest absolute Gasteiger partial charge is 0.281 e. The number of piperidine rings is 2. The van der Waals surface area contributed by atoms with Crippen LogP contribution in [0.2, 0.25) is 0 Å². The quantitative estimate of drug-likeness (QED) is 0.520. The Balaban J connectivity index is 1.13. The van der Waals surface area contributed by atoms with Crippen molar-refractivity contribution < 1.29 is 13.2 Å². The van der Waals surface area contributed by atoms with Crippen LogP contribution in [0.3, 0.4) is 0 Å². The van der Waals surface area contributed by atoms with Gasteiger partial charge >= 0.3 is 0 Å². The summed E-state index contributed by atoms with van der Waals surface area (Å²) in [5, 5.41) is 3.08. The Morgan fingerprint density at radius 3 is 2.31 bits per heavy atom. The molecule has 1 aromatic carbocycles. The number of hydrogen-bond donors (Lipinski definition) is 1. The maximum Gasteiger partial charge on any atom is 0.281 e. The predicted octanol–water partition coefficient (Wildman–Crippen LogP) is 2.00. The fourth-order valence-corrected chi connectivity index (χ4v) is 7.14. The van der Waals surface area contributed by atoms with E-state index in [0.29, 0.717) is 38.6 Å². The molecule has 3 aliphatic rings. The van der Waals surface area contributed by atoms with Crippen LogP contribution in [0.4, 0.5) is 0 Å². The van der Waals surface area contributed by atoms with E-state index in [-0.39, 0.29) is 11.8 Å². The first-order chi connectivity index (χ1) is 16.9. The third-order valence-corrected chi connectivity index (χ3v) is 9.82. The molecule has 1 unspecified atom stereocenters. The highest BCUT2D eigenvalue weighted by Crippen LogP contribution is 2.25. The van der Waals surface area contributed by atoms with Crippen LogP contribution >= 0.6 is 0 Å². The van der Waals surface area contributed by atoms with Gasteiger partial charge in [0.2, 0.25) is 5.91 Å². The second-order valence-electron chi connectivity index (χ2n) is 10.5. The normalized spacial score (nSPS) is 24.4. The number of hydrogen-bond acceptors (Lipinski definition) is 5. The van der Waals surface area contributed by atoms with Gasteiger partial charge in [-0.15, -0.1) is 0 Å². The van der Waals surface area contributed by atoms with Crippen molar-refractivity contribution in [1.29, 1.82) is 0 Å². The zero-order chi connectivity index (χ0) is 24.7. The summed E-state index contributed by atoms with van der Waals surface area (Å²) in [6.45, 7) is 11.1. The maximum atomic E-state index is 13.1. The van der Waals surface area contributed by atoms with Crippen molar-refractivity contribution in [2.75, 3.05) is 65.4 Å². The van der Waals surface area contributed by atoms with Crippen molar-refractivity contribution >= 4 is 16.1 Å². The lowest BCUT2D eigenvalue weighted by Crippen LogP contribution is -2.52. The van der Waals surface area contributed by atoms with E-state index < -0.39 is 10.2 Å². The molecule has 1 atom stereocenters. The number of carbonyl (C=O) groups excluding carboxylic acids is 1. The van der Waals surface area contributed by atoms with Gasteiger partial charge in [-0.05, 0) is 50.1 Å². The van der Waals surface area contributed by atoms with E-state index >= 15 is 0 Å². The molecule has 0 saturated carbocycles. The number of nitrogens with zero attached hydrogens (tertiary/aromatic N) is 4. The number of benzene rings is 1. The molecular weight excluding hydrogens is 462 g/mol. The minimum Gasteiger partial charge on any atom is -0.356 e. The molecule has 1 N–H and O–H groups in total. The first-order valence-corrected chi connectivity index (χ1v) is 14.8. The van der Waals surface area contributed by atoms with E-state index in [2.05, 4.69) is 52.4 Å². The molecule has 3 saturated heterocycles. The summed E-state index contributed by atoms with van der Waals surface area (Å²) in [7, 11) is -3.46. The van der Waals surface area contributed by atoms with Crippen LogP contribution in [0, 0.1) is 11.8 Å². The average molecular weight is 506 g/mol. The number of nitrogens with one attached hydrogen (secondary N) is 1. The summed E-state index contributed by atoms with van der Waals surface area (Å²) in [6.07, 6.45) is 4.26. The van der Waals surface area contributed by atoms with E-state index in [1.54, 1.807) is 8.61 Å². The number of carbonyl (C=O) groups is 1. The number of piperazine rings is 1. The number of amides is 1. The monoisotopic (exact) mass is 505 g/mol. The highest BCUT2D eigenvalue weighted by atomic mass is 32.2. The largest absolute Gasteiger partial charge is 0.356 e. The fraction of sp³-hybridized carbons (Fsp3) is 0.731. The second-order valence-corrected chi connectivity index (χ2v) is 12.5. The van der Waals surface area contributed by atoms with Gasteiger partial charge in [0.05, 0.1) is 5.92 Å². The van der Waals surface area contributed by atoms with Crippen LogP contribution < -0.4 is 5.32 Å². The third kappa shape index (κ3) is 7.49. The molecule has 0 spiro atoms.